The van der Waals surface area contributed by atoms with Crippen LogP contribution in [-0.2, 0) is 4.79 Å². The van der Waals surface area contributed by atoms with Crippen LogP contribution in [0.15, 0.2) is 12.5 Å². The second-order valence-electron chi connectivity index (χ2n) is 7.89. The molecule has 2 amide bonds. The van der Waals surface area contributed by atoms with Crippen molar-refractivity contribution in [2.24, 2.45) is 5.41 Å². The molecular formula is C18H26N8O2. The second-order valence-corrected chi connectivity index (χ2v) is 7.89. The van der Waals surface area contributed by atoms with Gasteiger partial charge in [-0.05, 0) is 36.1 Å². The fraction of sp³-hybridized carbons (Fsp3) is 0.667. The number of tetrazole rings is 1. The van der Waals surface area contributed by atoms with Crippen LogP contribution in [0.3, 0.4) is 0 Å². The zero-order chi connectivity index (χ0) is 19.6. The Morgan fingerprint density at radius 1 is 1.32 bits per heavy atom. The van der Waals surface area contributed by atoms with Gasteiger partial charge in [0.05, 0.1) is 6.20 Å². The number of amides is 2. The Hall–Kier alpha value is -2.78. The van der Waals surface area contributed by atoms with E-state index in [9.17, 15) is 9.59 Å². The Morgan fingerprint density at radius 2 is 2.21 bits per heavy atom. The van der Waals surface area contributed by atoms with Crippen LogP contribution in [0.5, 0.6) is 0 Å². The quantitative estimate of drug-likeness (QED) is 0.821. The van der Waals surface area contributed by atoms with Gasteiger partial charge in [-0.1, -0.05) is 13.3 Å². The van der Waals surface area contributed by atoms with Crippen LogP contribution in [0.1, 0.15) is 55.8 Å². The van der Waals surface area contributed by atoms with Gasteiger partial charge >= 0.3 is 0 Å². The largest absolute Gasteiger partial charge is 0.342 e. The van der Waals surface area contributed by atoms with Crippen molar-refractivity contribution in [3.8, 4) is 5.82 Å². The predicted molar refractivity (Wildman–Crippen MR) is 99.6 cm³/mol. The molecule has 1 atom stereocenters. The maximum Gasteiger partial charge on any atom is 0.259 e. The monoisotopic (exact) mass is 386 g/mol. The van der Waals surface area contributed by atoms with Crippen molar-refractivity contribution in [1.82, 2.24) is 40.2 Å². The van der Waals surface area contributed by atoms with Crippen molar-refractivity contribution in [2.75, 3.05) is 26.2 Å². The van der Waals surface area contributed by atoms with Gasteiger partial charge in [0.15, 0.2) is 5.82 Å². The number of unbranched alkanes of at least 4 members (excludes halogenated alkanes) is 1. The summed E-state index contributed by atoms with van der Waals surface area (Å²) in [6.07, 6.45) is 8.48. The molecule has 0 bridgehead atoms. The van der Waals surface area contributed by atoms with E-state index in [0.717, 1.165) is 45.2 Å². The molecule has 0 aliphatic carbocycles. The van der Waals surface area contributed by atoms with Gasteiger partial charge in [-0.25, -0.2) is 0 Å². The van der Waals surface area contributed by atoms with E-state index in [4.69, 9.17) is 0 Å². The number of piperidine rings is 2. The maximum absolute atomic E-state index is 13.2. The van der Waals surface area contributed by atoms with Crippen LogP contribution in [0, 0.1) is 5.41 Å². The number of nitrogens with one attached hydrogen (secondary N) is 1. The second kappa shape index (κ2) is 7.69. The van der Waals surface area contributed by atoms with Crippen LogP contribution < -0.4 is 0 Å². The lowest BCUT2D eigenvalue weighted by Crippen LogP contribution is -2.55. The van der Waals surface area contributed by atoms with E-state index >= 15 is 0 Å². The molecule has 2 fully saturated rings. The van der Waals surface area contributed by atoms with Crippen molar-refractivity contribution in [3.05, 3.63) is 18.1 Å². The molecule has 4 rings (SSSR count). The molecule has 2 aliphatic rings. The molecule has 1 spiro atoms. The summed E-state index contributed by atoms with van der Waals surface area (Å²) in [4.78, 5) is 29.4. The smallest absolute Gasteiger partial charge is 0.259 e. The van der Waals surface area contributed by atoms with E-state index in [1.54, 1.807) is 0 Å². The van der Waals surface area contributed by atoms with Gasteiger partial charge < -0.3 is 9.80 Å². The van der Waals surface area contributed by atoms with E-state index < -0.39 is 0 Å². The average molecular weight is 386 g/mol. The van der Waals surface area contributed by atoms with Gasteiger partial charge in [0, 0.05) is 38.0 Å². The van der Waals surface area contributed by atoms with Crippen LogP contribution in [-0.4, -0.2) is 78.2 Å². The molecule has 0 aromatic carbocycles. The Kier molecular flexibility index (Phi) is 5.10. The summed E-state index contributed by atoms with van der Waals surface area (Å²) in [7, 11) is 0. The SMILES string of the molecule is CCCCN1C[C@@]2(CCCN(C(=O)c3cn[nH]c3-n3cnnn3)C2)CCC1=O. The third-order valence-electron chi connectivity index (χ3n) is 5.91. The van der Waals surface area contributed by atoms with Crippen LogP contribution in [0.25, 0.3) is 5.82 Å². The average Bonchev–Trinajstić information content (AvgIpc) is 3.40. The molecule has 4 heterocycles. The topological polar surface area (TPSA) is 113 Å². The number of carbonyl (C=O) groups excluding carboxylic acids is 2. The molecule has 0 unspecified atom stereocenters. The molecule has 0 saturated carbocycles. The summed E-state index contributed by atoms with van der Waals surface area (Å²) in [6, 6.07) is 0. The van der Waals surface area contributed by atoms with Gasteiger partial charge in [0.1, 0.15) is 11.9 Å². The van der Waals surface area contributed by atoms with Crippen molar-refractivity contribution in [3.63, 3.8) is 0 Å². The lowest BCUT2D eigenvalue weighted by Gasteiger charge is -2.48. The highest BCUT2D eigenvalue weighted by molar-refractivity contribution is 5.97. The molecule has 2 saturated heterocycles. The summed E-state index contributed by atoms with van der Waals surface area (Å²) in [5, 5.41) is 17.9. The van der Waals surface area contributed by atoms with Crippen molar-refractivity contribution < 1.29 is 9.59 Å². The number of aromatic amines is 1. The lowest BCUT2D eigenvalue weighted by atomic mass is 9.73. The highest BCUT2D eigenvalue weighted by Gasteiger charge is 2.43. The molecule has 0 radical (unpaired) electrons. The molecule has 10 nitrogen and oxygen atoms in total. The van der Waals surface area contributed by atoms with Gasteiger partial charge in [0.2, 0.25) is 5.91 Å². The van der Waals surface area contributed by atoms with Gasteiger partial charge in [-0.2, -0.15) is 9.78 Å². The summed E-state index contributed by atoms with van der Waals surface area (Å²) in [6.45, 7) is 5.08. The molecule has 1 N–H and O–H groups in total. The van der Waals surface area contributed by atoms with Gasteiger partial charge in [-0.3, -0.25) is 14.7 Å². The Balaban J connectivity index is 1.50. The number of rotatable bonds is 5. The number of hydrogen-bond donors (Lipinski definition) is 1. The maximum atomic E-state index is 13.2. The molecule has 150 valence electrons. The highest BCUT2D eigenvalue weighted by Crippen LogP contribution is 2.39. The first-order chi connectivity index (χ1) is 13.6. The summed E-state index contributed by atoms with van der Waals surface area (Å²) in [5.74, 6) is 0.645. The minimum Gasteiger partial charge on any atom is -0.342 e. The zero-order valence-corrected chi connectivity index (χ0v) is 16.2. The third-order valence-corrected chi connectivity index (χ3v) is 5.91. The Labute approximate surface area is 163 Å². The zero-order valence-electron chi connectivity index (χ0n) is 16.2. The first-order valence-electron chi connectivity index (χ1n) is 9.96. The standard InChI is InChI=1S/C18H26N8O2/c1-2-3-8-24-11-18(7-5-15(24)27)6-4-9-25(12-18)17(28)14-10-19-21-16(14)26-13-20-22-23-26/h10,13H,2-9,11-12H2,1H3,(H,19,21)/t18-/m1/s1. The Bertz CT molecular complexity index is 833. The van der Waals surface area contributed by atoms with E-state index in [2.05, 4.69) is 32.6 Å². The number of aromatic nitrogens is 6. The van der Waals surface area contributed by atoms with E-state index in [0.29, 0.717) is 30.9 Å². The molecule has 2 aromatic heterocycles. The fourth-order valence-corrected chi connectivity index (χ4v) is 4.41. The highest BCUT2D eigenvalue weighted by atomic mass is 16.2. The number of hydrogen-bond acceptors (Lipinski definition) is 6. The molecule has 28 heavy (non-hydrogen) atoms. The molecule has 2 aromatic rings. The summed E-state index contributed by atoms with van der Waals surface area (Å²) < 4.78 is 1.41. The minimum absolute atomic E-state index is 0.00568. The first-order valence-corrected chi connectivity index (χ1v) is 9.96. The number of H-pyrrole nitrogens is 1. The number of carbonyl (C=O) groups is 2. The summed E-state index contributed by atoms with van der Waals surface area (Å²) in [5.41, 5.74) is 0.452. The van der Waals surface area contributed by atoms with Crippen LogP contribution in [0.2, 0.25) is 0 Å². The molecule has 2 aliphatic heterocycles. The number of nitrogens with zero attached hydrogens (tertiary/aromatic N) is 7. The van der Waals surface area contributed by atoms with Crippen LogP contribution >= 0.6 is 0 Å². The predicted octanol–water partition coefficient (Wildman–Crippen LogP) is 1.03. The normalized spacial score (nSPS) is 22.8. The molecule has 10 heteroatoms. The Morgan fingerprint density at radius 3 is 3.00 bits per heavy atom. The van der Waals surface area contributed by atoms with Crippen molar-refractivity contribution >= 4 is 11.8 Å². The summed E-state index contributed by atoms with van der Waals surface area (Å²) >= 11 is 0. The minimum atomic E-state index is -0.0738. The van der Waals surface area contributed by atoms with Gasteiger partial charge in [0.25, 0.3) is 5.91 Å². The van der Waals surface area contributed by atoms with Crippen molar-refractivity contribution in [2.45, 2.75) is 45.4 Å². The van der Waals surface area contributed by atoms with E-state index in [1.165, 1.54) is 17.2 Å². The lowest BCUT2D eigenvalue weighted by molar-refractivity contribution is -0.139. The van der Waals surface area contributed by atoms with E-state index in [1.807, 2.05) is 9.80 Å². The molecular weight excluding hydrogens is 360 g/mol. The first kappa shape index (κ1) is 18.6. The van der Waals surface area contributed by atoms with Crippen LogP contribution in [0.4, 0.5) is 0 Å². The third kappa shape index (κ3) is 3.50. The van der Waals surface area contributed by atoms with Crippen molar-refractivity contribution in [1.29, 1.82) is 0 Å². The van der Waals surface area contributed by atoms with Gasteiger partial charge in [-0.15, -0.1) is 5.10 Å². The number of likely N-dealkylation sites (tertiary alicyclic amines) is 2. The fourth-order valence-electron chi connectivity index (χ4n) is 4.41. The van der Waals surface area contributed by atoms with E-state index in [-0.39, 0.29) is 17.2 Å².